The van der Waals surface area contributed by atoms with E-state index in [0.29, 0.717) is 12.0 Å². The van der Waals surface area contributed by atoms with Gasteiger partial charge in [0.25, 0.3) is 5.91 Å². The Bertz CT molecular complexity index is 749. The lowest BCUT2D eigenvalue weighted by Gasteiger charge is -2.42. The SMILES string of the molecule is Cc1ccc(C(=O)N2CC[C@@H]3COCCN(Cc4ccncc4)[C@@H]3C2)s1. The normalized spacial score (nSPS) is 24.1. The van der Waals surface area contributed by atoms with Crippen LogP contribution in [-0.2, 0) is 11.3 Å². The molecular weight excluding hydrogens is 346 g/mol. The number of ether oxygens (including phenoxy) is 1. The number of aryl methyl sites for hydroxylation is 1. The number of carbonyl (C=O) groups is 1. The predicted molar refractivity (Wildman–Crippen MR) is 102 cm³/mol. The fourth-order valence-corrected chi connectivity index (χ4v) is 4.81. The van der Waals surface area contributed by atoms with Crippen LogP contribution in [0.1, 0.15) is 26.5 Å². The molecule has 26 heavy (non-hydrogen) atoms. The van der Waals surface area contributed by atoms with Gasteiger partial charge in [-0.3, -0.25) is 14.7 Å². The van der Waals surface area contributed by atoms with Crippen LogP contribution < -0.4 is 0 Å². The molecule has 0 radical (unpaired) electrons. The van der Waals surface area contributed by atoms with Crippen LogP contribution in [0.25, 0.3) is 0 Å². The molecule has 2 atom stereocenters. The average Bonchev–Trinajstić information content (AvgIpc) is 3.01. The molecule has 5 nitrogen and oxygen atoms in total. The van der Waals surface area contributed by atoms with Crippen molar-refractivity contribution in [1.82, 2.24) is 14.8 Å². The van der Waals surface area contributed by atoms with E-state index in [4.69, 9.17) is 4.74 Å². The van der Waals surface area contributed by atoms with Gasteiger partial charge in [-0.25, -0.2) is 0 Å². The van der Waals surface area contributed by atoms with Crippen molar-refractivity contribution in [2.24, 2.45) is 5.92 Å². The summed E-state index contributed by atoms with van der Waals surface area (Å²) in [5.41, 5.74) is 1.26. The van der Waals surface area contributed by atoms with E-state index in [1.807, 2.05) is 36.4 Å². The van der Waals surface area contributed by atoms with E-state index in [9.17, 15) is 4.79 Å². The van der Waals surface area contributed by atoms with Gasteiger partial charge < -0.3 is 9.64 Å². The number of amides is 1. The van der Waals surface area contributed by atoms with Crippen LogP contribution >= 0.6 is 11.3 Å². The zero-order valence-electron chi connectivity index (χ0n) is 15.1. The predicted octanol–water partition coefficient (Wildman–Crippen LogP) is 2.81. The molecule has 2 aromatic rings. The van der Waals surface area contributed by atoms with E-state index in [2.05, 4.69) is 22.0 Å². The van der Waals surface area contributed by atoms with Crippen molar-refractivity contribution in [3.05, 3.63) is 52.0 Å². The quantitative estimate of drug-likeness (QED) is 0.832. The van der Waals surface area contributed by atoms with Crippen molar-refractivity contribution < 1.29 is 9.53 Å². The monoisotopic (exact) mass is 371 g/mol. The van der Waals surface area contributed by atoms with Crippen LogP contribution in [0, 0.1) is 12.8 Å². The van der Waals surface area contributed by atoms with Gasteiger partial charge in [0.05, 0.1) is 18.1 Å². The molecule has 138 valence electrons. The number of nitrogens with zero attached hydrogens (tertiary/aromatic N) is 3. The second-order valence-corrected chi connectivity index (χ2v) is 8.47. The van der Waals surface area contributed by atoms with Gasteiger partial charge in [0.15, 0.2) is 0 Å². The molecule has 0 bridgehead atoms. The largest absolute Gasteiger partial charge is 0.380 e. The number of likely N-dealkylation sites (tertiary alicyclic amines) is 1. The van der Waals surface area contributed by atoms with Crippen LogP contribution in [0.4, 0.5) is 0 Å². The Kier molecular flexibility index (Phi) is 5.33. The van der Waals surface area contributed by atoms with Crippen molar-refractivity contribution in [3.8, 4) is 0 Å². The summed E-state index contributed by atoms with van der Waals surface area (Å²) in [5.74, 6) is 0.670. The molecule has 0 unspecified atom stereocenters. The fraction of sp³-hybridized carbons (Fsp3) is 0.500. The average molecular weight is 372 g/mol. The first-order chi connectivity index (χ1) is 12.7. The molecule has 0 aromatic carbocycles. The molecule has 2 saturated heterocycles. The Morgan fingerprint density at radius 3 is 2.88 bits per heavy atom. The highest BCUT2D eigenvalue weighted by atomic mass is 32.1. The number of pyridine rings is 1. The van der Waals surface area contributed by atoms with Crippen LogP contribution in [0.15, 0.2) is 36.7 Å². The number of hydrogen-bond donors (Lipinski definition) is 0. The Labute approximate surface area is 158 Å². The van der Waals surface area contributed by atoms with Crippen LogP contribution in [-0.4, -0.2) is 59.6 Å². The summed E-state index contributed by atoms with van der Waals surface area (Å²) in [7, 11) is 0. The first-order valence-corrected chi connectivity index (χ1v) is 10.1. The lowest BCUT2D eigenvalue weighted by Crippen LogP contribution is -2.54. The smallest absolute Gasteiger partial charge is 0.263 e. The molecule has 0 aliphatic carbocycles. The molecule has 2 aliphatic heterocycles. The number of thiophene rings is 1. The summed E-state index contributed by atoms with van der Waals surface area (Å²) in [5, 5.41) is 0. The summed E-state index contributed by atoms with van der Waals surface area (Å²) in [4.78, 5) is 23.6. The summed E-state index contributed by atoms with van der Waals surface area (Å²) in [6, 6.07) is 8.48. The number of aromatic nitrogens is 1. The maximum absolute atomic E-state index is 12.9. The minimum atomic E-state index is 0.176. The number of carbonyl (C=O) groups excluding carboxylic acids is 1. The van der Waals surface area contributed by atoms with E-state index >= 15 is 0 Å². The maximum atomic E-state index is 12.9. The van der Waals surface area contributed by atoms with Crippen molar-refractivity contribution in [2.45, 2.75) is 25.9 Å². The van der Waals surface area contributed by atoms with E-state index in [1.54, 1.807) is 11.3 Å². The molecule has 0 spiro atoms. The third-order valence-electron chi connectivity index (χ3n) is 5.42. The first-order valence-electron chi connectivity index (χ1n) is 9.27. The van der Waals surface area contributed by atoms with Crippen LogP contribution in [0.3, 0.4) is 0 Å². The second kappa shape index (κ2) is 7.86. The molecule has 4 heterocycles. The number of fused-ring (bicyclic) bond motifs is 1. The Balaban J connectivity index is 1.51. The molecular formula is C20H25N3O2S. The topological polar surface area (TPSA) is 45.7 Å². The lowest BCUT2D eigenvalue weighted by molar-refractivity contribution is 0.0374. The van der Waals surface area contributed by atoms with Crippen LogP contribution in [0.2, 0.25) is 0 Å². The summed E-state index contributed by atoms with van der Waals surface area (Å²) in [6.45, 7) is 7.01. The van der Waals surface area contributed by atoms with Gasteiger partial charge in [0, 0.05) is 55.4 Å². The summed E-state index contributed by atoms with van der Waals surface area (Å²) < 4.78 is 5.86. The highest BCUT2D eigenvalue weighted by molar-refractivity contribution is 7.13. The van der Waals surface area contributed by atoms with E-state index in [0.717, 1.165) is 50.7 Å². The van der Waals surface area contributed by atoms with Gasteiger partial charge in [-0.05, 0) is 43.2 Å². The fourth-order valence-electron chi connectivity index (χ4n) is 3.98. The van der Waals surface area contributed by atoms with Gasteiger partial charge in [0.2, 0.25) is 0 Å². The minimum absolute atomic E-state index is 0.176. The van der Waals surface area contributed by atoms with Crippen molar-refractivity contribution in [3.63, 3.8) is 0 Å². The van der Waals surface area contributed by atoms with E-state index in [-0.39, 0.29) is 5.91 Å². The number of piperidine rings is 1. The summed E-state index contributed by atoms with van der Waals surface area (Å²) >= 11 is 1.59. The zero-order chi connectivity index (χ0) is 17.9. The van der Waals surface area contributed by atoms with Crippen LogP contribution in [0.5, 0.6) is 0 Å². The van der Waals surface area contributed by atoms with Gasteiger partial charge in [-0.1, -0.05) is 0 Å². The van der Waals surface area contributed by atoms with Gasteiger partial charge >= 0.3 is 0 Å². The van der Waals surface area contributed by atoms with Gasteiger partial charge in [-0.2, -0.15) is 0 Å². The third-order valence-corrected chi connectivity index (χ3v) is 6.41. The number of rotatable bonds is 3. The molecule has 1 amide bonds. The zero-order valence-corrected chi connectivity index (χ0v) is 16.0. The van der Waals surface area contributed by atoms with Crippen molar-refractivity contribution in [2.75, 3.05) is 32.8 Å². The van der Waals surface area contributed by atoms with Gasteiger partial charge in [-0.15, -0.1) is 11.3 Å². The Morgan fingerprint density at radius 2 is 2.12 bits per heavy atom. The highest BCUT2D eigenvalue weighted by Crippen LogP contribution is 2.28. The molecule has 0 N–H and O–H groups in total. The third kappa shape index (κ3) is 3.82. The van der Waals surface area contributed by atoms with E-state index < -0.39 is 0 Å². The first kappa shape index (κ1) is 17.6. The molecule has 6 heteroatoms. The summed E-state index contributed by atoms with van der Waals surface area (Å²) in [6.07, 6.45) is 4.70. The molecule has 0 saturated carbocycles. The Hall–Kier alpha value is -1.76. The Morgan fingerprint density at radius 1 is 1.27 bits per heavy atom. The molecule has 2 aliphatic rings. The standard InChI is InChI=1S/C20H25N3O2S/c1-15-2-3-19(26-15)20(24)23-9-6-17-14-25-11-10-22(18(17)13-23)12-16-4-7-21-8-5-16/h2-5,7-8,17-18H,6,9-14H2,1H3/t17-,18-/m1/s1. The van der Waals surface area contributed by atoms with Crippen molar-refractivity contribution in [1.29, 1.82) is 0 Å². The highest BCUT2D eigenvalue weighted by Gasteiger charge is 2.37. The lowest BCUT2D eigenvalue weighted by atomic mass is 9.90. The van der Waals surface area contributed by atoms with Crippen molar-refractivity contribution >= 4 is 17.2 Å². The maximum Gasteiger partial charge on any atom is 0.263 e. The number of hydrogen-bond acceptors (Lipinski definition) is 5. The van der Waals surface area contributed by atoms with Gasteiger partial charge in [0.1, 0.15) is 0 Å². The molecule has 2 aromatic heterocycles. The second-order valence-electron chi connectivity index (χ2n) is 7.18. The molecule has 2 fully saturated rings. The van der Waals surface area contributed by atoms with E-state index in [1.165, 1.54) is 10.4 Å². The minimum Gasteiger partial charge on any atom is -0.380 e. The molecule has 4 rings (SSSR count).